The van der Waals surface area contributed by atoms with Gasteiger partial charge < -0.3 is 9.80 Å². The molecule has 3 atom stereocenters. The van der Waals surface area contributed by atoms with Gasteiger partial charge in [-0.1, -0.05) is 12.8 Å². The topological polar surface area (TPSA) is 26.8 Å². The second-order valence-electron chi connectivity index (χ2n) is 10.4. The van der Waals surface area contributed by atoms with E-state index >= 15 is 0 Å². The van der Waals surface area contributed by atoms with E-state index in [9.17, 15) is 4.79 Å². The van der Waals surface area contributed by atoms with E-state index in [-0.39, 0.29) is 5.54 Å². The van der Waals surface area contributed by atoms with Crippen molar-refractivity contribution in [3.05, 3.63) is 21.9 Å². The highest BCUT2D eigenvalue weighted by molar-refractivity contribution is 7.12. The zero-order valence-electron chi connectivity index (χ0n) is 17.8. The third kappa shape index (κ3) is 2.80. The molecule has 5 heterocycles. The van der Waals surface area contributed by atoms with Crippen molar-refractivity contribution >= 4 is 17.2 Å². The van der Waals surface area contributed by atoms with Crippen molar-refractivity contribution < 1.29 is 4.79 Å². The van der Waals surface area contributed by atoms with E-state index in [1.165, 1.54) is 38.5 Å². The van der Waals surface area contributed by atoms with Gasteiger partial charge in [-0.15, -0.1) is 11.3 Å². The summed E-state index contributed by atoms with van der Waals surface area (Å²) in [7, 11) is 2.21. The third-order valence-corrected chi connectivity index (χ3v) is 10.3. The minimum atomic E-state index is -0.161. The molecule has 0 unspecified atom stereocenters. The van der Waals surface area contributed by atoms with Crippen LogP contribution in [0.3, 0.4) is 0 Å². The molecule has 1 amide bonds. The summed E-state index contributed by atoms with van der Waals surface area (Å²) in [6.07, 6.45) is 11.4. The molecule has 5 aliphatic rings. The number of likely N-dealkylation sites (tertiary alicyclic amines) is 2. The van der Waals surface area contributed by atoms with Gasteiger partial charge in [0.2, 0.25) is 5.91 Å². The first-order valence-corrected chi connectivity index (χ1v) is 12.8. The lowest BCUT2D eigenvalue weighted by Crippen LogP contribution is -2.52. The lowest BCUT2D eigenvalue weighted by Gasteiger charge is -2.38. The van der Waals surface area contributed by atoms with Crippen molar-refractivity contribution in [2.45, 2.75) is 81.3 Å². The molecule has 1 aromatic rings. The average molecular weight is 414 g/mol. The molecule has 4 saturated heterocycles. The summed E-state index contributed by atoms with van der Waals surface area (Å²) >= 11 is 2.07. The minimum absolute atomic E-state index is 0.161. The Hall–Kier alpha value is -0.910. The average Bonchev–Trinajstić information content (AvgIpc) is 3.52. The standard InChI is InChI=1S/C24H35N3OS/c1-25-13-9-19(10-14-25)26-16-18-15-20(27-12-4-11-24(18,27)23(26)28)22-8-7-21(29-22)17-5-2-3-6-17/h7-8,17-20H,2-6,9-16H2,1H3/t18-,20-,24-/m0/s1. The first kappa shape index (κ1) is 18.8. The van der Waals surface area contributed by atoms with Gasteiger partial charge in [0.1, 0.15) is 5.54 Å². The predicted molar refractivity (Wildman–Crippen MR) is 117 cm³/mol. The first-order chi connectivity index (χ1) is 14.2. The van der Waals surface area contributed by atoms with Gasteiger partial charge in [0.15, 0.2) is 0 Å². The van der Waals surface area contributed by atoms with Gasteiger partial charge in [-0.25, -0.2) is 0 Å². The number of carbonyl (C=O) groups is 1. The Morgan fingerprint density at radius 1 is 1.00 bits per heavy atom. The summed E-state index contributed by atoms with van der Waals surface area (Å²) in [5, 5.41) is 0. The molecule has 0 bridgehead atoms. The molecule has 4 aliphatic heterocycles. The van der Waals surface area contributed by atoms with E-state index in [4.69, 9.17) is 0 Å². The lowest BCUT2D eigenvalue weighted by molar-refractivity contribution is -0.139. The Kier molecular flexibility index (Phi) is 4.59. The summed E-state index contributed by atoms with van der Waals surface area (Å²) in [6.45, 7) is 4.40. The number of thiophene rings is 1. The number of amides is 1. The molecule has 1 spiro atoms. The molecule has 5 fully saturated rings. The van der Waals surface area contributed by atoms with Crippen molar-refractivity contribution in [3.8, 4) is 0 Å². The Bertz CT molecular complexity index is 779. The van der Waals surface area contributed by atoms with Crippen LogP contribution >= 0.6 is 11.3 Å². The van der Waals surface area contributed by atoms with Crippen LogP contribution in [0.15, 0.2) is 12.1 Å². The highest BCUT2D eigenvalue weighted by Gasteiger charge is 2.65. The van der Waals surface area contributed by atoms with E-state index in [1.807, 2.05) is 0 Å². The molecule has 1 aliphatic carbocycles. The summed E-state index contributed by atoms with van der Waals surface area (Å²) < 4.78 is 0. The smallest absolute Gasteiger partial charge is 0.243 e. The highest BCUT2D eigenvalue weighted by atomic mass is 32.1. The second kappa shape index (κ2) is 7.06. The van der Waals surface area contributed by atoms with Crippen molar-refractivity contribution in [1.82, 2.24) is 14.7 Å². The molecule has 1 saturated carbocycles. The van der Waals surface area contributed by atoms with Crippen molar-refractivity contribution in [2.75, 3.05) is 33.2 Å². The number of carbonyl (C=O) groups excluding carboxylic acids is 1. The molecule has 29 heavy (non-hydrogen) atoms. The second-order valence-corrected chi connectivity index (χ2v) is 11.5. The zero-order valence-corrected chi connectivity index (χ0v) is 18.6. The summed E-state index contributed by atoms with van der Waals surface area (Å²) in [6, 6.07) is 5.80. The van der Waals surface area contributed by atoms with E-state index in [0.29, 0.717) is 23.9 Å². The normalized spacial score (nSPS) is 37.0. The minimum Gasteiger partial charge on any atom is -0.338 e. The quantitative estimate of drug-likeness (QED) is 0.742. The van der Waals surface area contributed by atoms with Gasteiger partial charge in [-0.2, -0.15) is 0 Å². The lowest BCUT2D eigenvalue weighted by atomic mass is 9.85. The maximum Gasteiger partial charge on any atom is 0.243 e. The van der Waals surface area contributed by atoms with Crippen LogP contribution in [0, 0.1) is 5.92 Å². The van der Waals surface area contributed by atoms with Crippen LogP contribution in [0.4, 0.5) is 0 Å². The summed E-state index contributed by atoms with van der Waals surface area (Å²) in [5.74, 6) is 1.84. The number of hydrogen-bond donors (Lipinski definition) is 0. The molecule has 158 valence electrons. The fourth-order valence-corrected chi connectivity index (χ4v) is 8.70. The molecule has 4 nitrogen and oxygen atoms in total. The highest BCUT2D eigenvalue weighted by Crippen LogP contribution is 2.57. The van der Waals surface area contributed by atoms with Gasteiger partial charge >= 0.3 is 0 Å². The van der Waals surface area contributed by atoms with Gasteiger partial charge in [-0.3, -0.25) is 9.69 Å². The van der Waals surface area contributed by atoms with Crippen molar-refractivity contribution in [3.63, 3.8) is 0 Å². The molecule has 0 radical (unpaired) electrons. The molecule has 5 heteroatoms. The first-order valence-electron chi connectivity index (χ1n) is 12.0. The van der Waals surface area contributed by atoms with Crippen LogP contribution < -0.4 is 0 Å². The van der Waals surface area contributed by atoms with Crippen LogP contribution in [-0.4, -0.2) is 65.4 Å². The van der Waals surface area contributed by atoms with E-state index in [0.717, 1.165) is 51.4 Å². The van der Waals surface area contributed by atoms with Gasteiger partial charge in [-0.05, 0) is 89.7 Å². The van der Waals surface area contributed by atoms with Crippen LogP contribution in [0.2, 0.25) is 0 Å². The van der Waals surface area contributed by atoms with Crippen LogP contribution in [-0.2, 0) is 4.79 Å². The van der Waals surface area contributed by atoms with Crippen LogP contribution in [0.1, 0.15) is 79.5 Å². The molecule has 0 aromatic carbocycles. The molecular formula is C24H35N3OS. The van der Waals surface area contributed by atoms with E-state index < -0.39 is 0 Å². The Labute approximate surface area is 179 Å². The zero-order chi connectivity index (χ0) is 19.6. The fraction of sp³-hybridized carbons (Fsp3) is 0.792. The molecule has 6 rings (SSSR count). The number of piperidine rings is 1. The summed E-state index contributed by atoms with van der Waals surface area (Å²) in [4.78, 5) is 24.4. The number of rotatable bonds is 3. The number of nitrogens with zero attached hydrogens (tertiary/aromatic N) is 3. The predicted octanol–water partition coefficient (Wildman–Crippen LogP) is 4.24. The fourth-order valence-electron chi connectivity index (χ4n) is 7.39. The van der Waals surface area contributed by atoms with Gasteiger partial charge in [0.25, 0.3) is 0 Å². The van der Waals surface area contributed by atoms with Crippen LogP contribution in [0.5, 0.6) is 0 Å². The molecule has 0 N–H and O–H groups in total. The van der Waals surface area contributed by atoms with Crippen LogP contribution in [0.25, 0.3) is 0 Å². The Morgan fingerprint density at radius 2 is 1.76 bits per heavy atom. The summed E-state index contributed by atoms with van der Waals surface area (Å²) in [5.41, 5.74) is -0.161. The SMILES string of the molecule is CN1CCC(N2C[C@@H]3C[C@@H](c4ccc(C5CCCC5)s4)N4CCC[C@@]34C2=O)CC1. The third-order valence-electron chi connectivity index (χ3n) is 8.94. The Morgan fingerprint density at radius 3 is 2.55 bits per heavy atom. The van der Waals surface area contributed by atoms with Crippen molar-refractivity contribution in [2.24, 2.45) is 5.92 Å². The maximum absolute atomic E-state index is 13.8. The Balaban J connectivity index is 1.24. The largest absolute Gasteiger partial charge is 0.338 e. The van der Waals surface area contributed by atoms with Gasteiger partial charge in [0, 0.05) is 34.3 Å². The molecular weight excluding hydrogens is 378 g/mol. The van der Waals surface area contributed by atoms with Crippen molar-refractivity contribution in [1.29, 1.82) is 0 Å². The van der Waals surface area contributed by atoms with E-state index in [2.05, 4.69) is 45.2 Å². The number of hydrogen-bond acceptors (Lipinski definition) is 4. The maximum atomic E-state index is 13.8. The van der Waals surface area contributed by atoms with E-state index in [1.54, 1.807) is 9.75 Å². The molecule has 1 aromatic heterocycles. The monoisotopic (exact) mass is 413 g/mol. The van der Waals surface area contributed by atoms with Gasteiger partial charge in [0.05, 0.1) is 0 Å².